The first-order valence-electron chi connectivity index (χ1n) is 4.49. The molecule has 0 aliphatic carbocycles. The number of aromatic amines is 1. The molecule has 2 aromatic heterocycles. The molecule has 0 fully saturated rings. The van der Waals surface area contributed by atoms with Crippen molar-refractivity contribution >= 4 is 17.4 Å². The van der Waals surface area contributed by atoms with E-state index < -0.39 is 0 Å². The van der Waals surface area contributed by atoms with Gasteiger partial charge in [-0.1, -0.05) is 11.6 Å². The lowest BCUT2D eigenvalue weighted by atomic mass is 10.2. The lowest BCUT2D eigenvalue weighted by Gasteiger charge is -2.12. The molecule has 1 atom stereocenters. The lowest BCUT2D eigenvalue weighted by molar-refractivity contribution is 0.872. The number of aromatic nitrogens is 4. The van der Waals surface area contributed by atoms with Crippen molar-refractivity contribution in [1.82, 2.24) is 20.2 Å². The minimum Gasteiger partial charge on any atom is -0.361 e. The molecule has 1 unspecified atom stereocenters. The number of halogens is 1. The standard InChI is InChI=1S/C9H10ClN5/c1-6(7-4-13-14-5-7)15-9-8(10)11-2-3-12-9/h2-6H,1H3,(H,12,15)(H,13,14). The van der Waals surface area contributed by atoms with E-state index in [1.165, 1.54) is 0 Å². The van der Waals surface area contributed by atoms with Gasteiger partial charge in [0.25, 0.3) is 0 Å². The predicted molar refractivity (Wildman–Crippen MR) is 57.7 cm³/mol. The van der Waals surface area contributed by atoms with Gasteiger partial charge in [0.15, 0.2) is 11.0 Å². The lowest BCUT2D eigenvalue weighted by Crippen LogP contribution is -2.07. The molecule has 2 heterocycles. The maximum Gasteiger partial charge on any atom is 0.171 e. The van der Waals surface area contributed by atoms with Crippen LogP contribution >= 0.6 is 11.6 Å². The molecular formula is C9H10ClN5. The van der Waals surface area contributed by atoms with E-state index in [9.17, 15) is 0 Å². The van der Waals surface area contributed by atoms with E-state index in [0.717, 1.165) is 5.56 Å². The van der Waals surface area contributed by atoms with Gasteiger partial charge in [-0.25, -0.2) is 9.97 Å². The number of H-pyrrole nitrogens is 1. The Hall–Kier alpha value is -1.62. The number of anilines is 1. The van der Waals surface area contributed by atoms with Crippen LogP contribution in [0.15, 0.2) is 24.8 Å². The van der Waals surface area contributed by atoms with Crippen LogP contribution in [0.3, 0.4) is 0 Å². The average Bonchev–Trinajstić information content (AvgIpc) is 2.74. The van der Waals surface area contributed by atoms with Crippen LogP contribution in [-0.2, 0) is 0 Å². The van der Waals surface area contributed by atoms with Crippen molar-refractivity contribution in [3.63, 3.8) is 0 Å². The smallest absolute Gasteiger partial charge is 0.171 e. The normalized spacial score (nSPS) is 12.4. The van der Waals surface area contributed by atoms with Gasteiger partial charge in [-0.05, 0) is 6.92 Å². The van der Waals surface area contributed by atoms with E-state index >= 15 is 0 Å². The molecule has 15 heavy (non-hydrogen) atoms. The topological polar surface area (TPSA) is 66.5 Å². The van der Waals surface area contributed by atoms with Crippen LogP contribution in [0.5, 0.6) is 0 Å². The summed E-state index contributed by atoms with van der Waals surface area (Å²) in [6.07, 6.45) is 6.72. The Bertz CT molecular complexity index is 428. The van der Waals surface area contributed by atoms with Crippen LogP contribution in [0.1, 0.15) is 18.5 Å². The summed E-state index contributed by atoms with van der Waals surface area (Å²) in [6.45, 7) is 2.00. The summed E-state index contributed by atoms with van der Waals surface area (Å²) in [6, 6.07) is 0.0814. The van der Waals surface area contributed by atoms with Crippen molar-refractivity contribution in [2.24, 2.45) is 0 Å². The Morgan fingerprint density at radius 2 is 2.20 bits per heavy atom. The second kappa shape index (κ2) is 4.27. The Kier molecular flexibility index (Phi) is 2.82. The summed E-state index contributed by atoms with van der Waals surface area (Å²) in [5.74, 6) is 0.577. The van der Waals surface area contributed by atoms with Gasteiger partial charge in [-0.15, -0.1) is 0 Å². The fourth-order valence-corrected chi connectivity index (χ4v) is 1.36. The van der Waals surface area contributed by atoms with E-state index in [2.05, 4.69) is 25.5 Å². The predicted octanol–water partition coefficient (Wildman–Crippen LogP) is 2.03. The highest BCUT2D eigenvalue weighted by Crippen LogP contribution is 2.20. The summed E-state index contributed by atoms with van der Waals surface area (Å²) in [5.41, 5.74) is 1.04. The van der Waals surface area contributed by atoms with Crippen molar-refractivity contribution in [2.75, 3.05) is 5.32 Å². The van der Waals surface area contributed by atoms with Gasteiger partial charge >= 0.3 is 0 Å². The molecule has 2 aromatic rings. The maximum atomic E-state index is 5.87. The highest BCUT2D eigenvalue weighted by atomic mass is 35.5. The highest BCUT2D eigenvalue weighted by Gasteiger charge is 2.09. The van der Waals surface area contributed by atoms with Gasteiger partial charge in [-0.2, -0.15) is 5.10 Å². The number of hydrogen-bond donors (Lipinski definition) is 2. The summed E-state index contributed by atoms with van der Waals surface area (Å²) in [7, 11) is 0. The van der Waals surface area contributed by atoms with Crippen LogP contribution in [0.25, 0.3) is 0 Å². The van der Waals surface area contributed by atoms with Crippen molar-refractivity contribution in [3.8, 4) is 0 Å². The fraction of sp³-hybridized carbons (Fsp3) is 0.222. The van der Waals surface area contributed by atoms with Crippen LogP contribution < -0.4 is 5.32 Å². The molecular weight excluding hydrogens is 214 g/mol. The zero-order valence-electron chi connectivity index (χ0n) is 8.11. The molecule has 6 heteroatoms. The van der Waals surface area contributed by atoms with Crippen molar-refractivity contribution < 1.29 is 0 Å². The molecule has 5 nitrogen and oxygen atoms in total. The maximum absolute atomic E-state index is 5.87. The Morgan fingerprint density at radius 1 is 1.40 bits per heavy atom. The molecule has 2 rings (SSSR count). The van der Waals surface area contributed by atoms with E-state index in [-0.39, 0.29) is 6.04 Å². The monoisotopic (exact) mass is 223 g/mol. The molecule has 78 valence electrons. The molecule has 0 spiro atoms. The van der Waals surface area contributed by atoms with Gasteiger partial charge < -0.3 is 5.32 Å². The molecule has 0 saturated heterocycles. The van der Waals surface area contributed by atoms with Gasteiger partial charge in [0.1, 0.15) is 0 Å². The SMILES string of the molecule is CC(Nc1nccnc1Cl)c1cn[nH]c1. The largest absolute Gasteiger partial charge is 0.361 e. The first kappa shape index (κ1) is 9.92. The molecule has 2 N–H and O–H groups in total. The van der Waals surface area contributed by atoms with Crippen LogP contribution in [-0.4, -0.2) is 20.2 Å². The second-order valence-corrected chi connectivity index (χ2v) is 3.45. The minimum atomic E-state index is 0.0814. The second-order valence-electron chi connectivity index (χ2n) is 3.09. The average molecular weight is 224 g/mol. The number of nitrogens with zero attached hydrogens (tertiary/aromatic N) is 3. The third kappa shape index (κ3) is 2.24. The van der Waals surface area contributed by atoms with Gasteiger partial charge in [0.05, 0.1) is 12.2 Å². The zero-order valence-corrected chi connectivity index (χ0v) is 8.86. The Morgan fingerprint density at radius 3 is 2.87 bits per heavy atom. The van der Waals surface area contributed by atoms with Gasteiger partial charge in [0, 0.05) is 24.2 Å². The molecule has 0 aromatic carbocycles. The fourth-order valence-electron chi connectivity index (χ4n) is 1.20. The molecule has 0 aliphatic heterocycles. The zero-order chi connectivity index (χ0) is 10.7. The first-order chi connectivity index (χ1) is 7.27. The van der Waals surface area contributed by atoms with E-state index in [1.807, 2.05) is 13.1 Å². The number of rotatable bonds is 3. The molecule has 0 aliphatic rings. The van der Waals surface area contributed by atoms with Gasteiger partial charge in [-0.3, -0.25) is 5.10 Å². The Labute approximate surface area is 91.9 Å². The molecule has 0 saturated carbocycles. The number of nitrogens with one attached hydrogen (secondary N) is 2. The van der Waals surface area contributed by atoms with Crippen LogP contribution in [0.2, 0.25) is 5.15 Å². The molecule has 0 amide bonds. The molecule has 0 bridgehead atoms. The highest BCUT2D eigenvalue weighted by molar-refractivity contribution is 6.31. The summed E-state index contributed by atoms with van der Waals surface area (Å²) in [5, 5.41) is 10.1. The first-order valence-corrected chi connectivity index (χ1v) is 4.87. The van der Waals surface area contributed by atoms with Crippen molar-refractivity contribution in [3.05, 3.63) is 35.5 Å². The summed E-state index contributed by atoms with van der Waals surface area (Å²) in [4.78, 5) is 8.02. The third-order valence-electron chi connectivity index (χ3n) is 2.03. The number of hydrogen-bond acceptors (Lipinski definition) is 4. The summed E-state index contributed by atoms with van der Waals surface area (Å²) >= 11 is 5.87. The van der Waals surface area contributed by atoms with Crippen molar-refractivity contribution in [1.29, 1.82) is 0 Å². The third-order valence-corrected chi connectivity index (χ3v) is 2.30. The minimum absolute atomic E-state index is 0.0814. The van der Waals surface area contributed by atoms with Crippen LogP contribution in [0.4, 0.5) is 5.82 Å². The van der Waals surface area contributed by atoms with E-state index in [0.29, 0.717) is 11.0 Å². The van der Waals surface area contributed by atoms with Crippen molar-refractivity contribution in [2.45, 2.75) is 13.0 Å². The molecule has 0 radical (unpaired) electrons. The Balaban J connectivity index is 2.13. The van der Waals surface area contributed by atoms with Crippen LogP contribution in [0, 0.1) is 0 Å². The summed E-state index contributed by atoms with van der Waals surface area (Å²) < 4.78 is 0. The van der Waals surface area contributed by atoms with E-state index in [1.54, 1.807) is 18.6 Å². The van der Waals surface area contributed by atoms with E-state index in [4.69, 9.17) is 11.6 Å². The van der Waals surface area contributed by atoms with Gasteiger partial charge in [0.2, 0.25) is 0 Å². The quantitative estimate of drug-likeness (QED) is 0.836.